The lowest BCUT2D eigenvalue weighted by molar-refractivity contribution is 1.28. The average Bonchev–Trinajstić information content (AvgIpc) is 3.15. The van der Waals surface area contributed by atoms with Crippen molar-refractivity contribution in [2.24, 2.45) is 0 Å². The van der Waals surface area contributed by atoms with E-state index >= 15 is 0 Å². The van der Waals surface area contributed by atoms with Crippen LogP contribution in [0.3, 0.4) is 0 Å². The van der Waals surface area contributed by atoms with Gasteiger partial charge in [0.05, 0.1) is 0 Å². The van der Waals surface area contributed by atoms with Crippen molar-refractivity contribution in [1.29, 1.82) is 0 Å². The summed E-state index contributed by atoms with van der Waals surface area (Å²) in [5.41, 5.74) is 3.00. The molecule has 0 aromatic heterocycles. The van der Waals surface area contributed by atoms with Crippen molar-refractivity contribution in [3.63, 3.8) is 0 Å². The molecule has 0 unspecified atom stereocenters. The number of allylic oxidation sites excluding steroid dienone is 1. The topological polar surface area (TPSA) is 0 Å². The van der Waals surface area contributed by atoms with Crippen LogP contribution >= 0.6 is 0 Å². The molecular formula is C19H14. The molecule has 0 fully saturated rings. The summed E-state index contributed by atoms with van der Waals surface area (Å²) >= 11 is 0. The summed E-state index contributed by atoms with van der Waals surface area (Å²) < 4.78 is 0. The molecule has 0 N–H and O–H groups in total. The second-order valence-electron chi connectivity index (χ2n) is 5.64. The Kier molecular flexibility index (Phi) is 1.69. The van der Waals surface area contributed by atoms with Gasteiger partial charge in [-0.2, -0.15) is 0 Å². The van der Waals surface area contributed by atoms with Crippen LogP contribution in [0.15, 0.2) is 18.2 Å². The lowest BCUT2D eigenvalue weighted by atomic mass is 9.96. The van der Waals surface area contributed by atoms with Gasteiger partial charge < -0.3 is 0 Å². The molecule has 0 heteroatoms. The van der Waals surface area contributed by atoms with Gasteiger partial charge in [0, 0.05) is 0 Å². The fraction of sp³-hybridized carbons (Fsp3) is 0.158. The maximum Gasteiger partial charge on any atom is -0.00819 e. The molecule has 0 saturated carbocycles. The van der Waals surface area contributed by atoms with Gasteiger partial charge in [0.15, 0.2) is 0 Å². The molecule has 0 amide bonds. The van der Waals surface area contributed by atoms with Gasteiger partial charge in [0.25, 0.3) is 0 Å². The second kappa shape index (κ2) is 3.27. The highest BCUT2D eigenvalue weighted by molar-refractivity contribution is 5.95. The smallest absolute Gasteiger partial charge is 0.00819 e. The first-order chi connectivity index (χ1) is 9.42. The van der Waals surface area contributed by atoms with E-state index in [1.165, 1.54) is 42.8 Å². The van der Waals surface area contributed by atoms with Crippen LogP contribution in [0, 0.1) is 0 Å². The van der Waals surface area contributed by atoms with Gasteiger partial charge in [-0.1, -0.05) is 36.5 Å². The molecule has 90 valence electrons. The highest BCUT2D eigenvalue weighted by Crippen LogP contribution is 2.23. The standard InChI is InChI=1S/C19H14/c1-4-12-10-18-16-8-2-6-14(16)15-7-3-9-17(15)19(18)11-13(12)5-1/h2,4-5,7-11H,1,3,6H2. The second-order valence-corrected chi connectivity index (χ2v) is 5.64. The Morgan fingerprint density at radius 2 is 1.47 bits per heavy atom. The fourth-order valence-corrected chi connectivity index (χ4v) is 3.81. The lowest BCUT2D eigenvalue weighted by Crippen LogP contribution is -2.30. The molecular weight excluding hydrogens is 228 g/mol. The molecule has 2 aromatic rings. The van der Waals surface area contributed by atoms with Crippen LogP contribution in [0.2, 0.25) is 0 Å². The lowest BCUT2D eigenvalue weighted by Gasteiger charge is -2.07. The predicted molar refractivity (Wildman–Crippen MR) is 82.3 cm³/mol. The monoisotopic (exact) mass is 242 g/mol. The predicted octanol–water partition coefficient (Wildman–Crippen LogP) is 1.34. The van der Waals surface area contributed by atoms with Crippen molar-refractivity contribution in [2.75, 3.05) is 0 Å². The van der Waals surface area contributed by atoms with Crippen LogP contribution in [0.4, 0.5) is 0 Å². The van der Waals surface area contributed by atoms with Crippen LogP contribution in [0.25, 0.3) is 41.2 Å². The molecule has 0 nitrogen and oxygen atoms in total. The molecule has 0 spiro atoms. The minimum absolute atomic E-state index is 1.09. The zero-order chi connectivity index (χ0) is 12.4. The Bertz CT molecular complexity index is 1010. The molecule has 0 atom stereocenters. The molecule has 0 radical (unpaired) electrons. The third kappa shape index (κ3) is 1.14. The molecule has 2 aromatic carbocycles. The number of fused-ring (bicyclic) bond motifs is 7. The van der Waals surface area contributed by atoms with E-state index < -0.39 is 0 Å². The van der Waals surface area contributed by atoms with Crippen LogP contribution in [-0.4, -0.2) is 0 Å². The fourth-order valence-electron chi connectivity index (χ4n) is 3.81. The van der Waals surface area contributed by atoms with E-state index in [1.807, 2.05) is 0 Å². The van der Waals surface area contributed by atoms with Gasteiger partial charge in [-0.15, -0.1) is 0 Å². The number of rotatable bonds is 0. The molecule has 0 aliphatic heterocycles. The Balaban J connectivity index is 2.17. The SMILES string of the molecule is C1=Cc2c(c3c(c4cc5c(cc24)=CCC=5)=CCC=3)C1. The zero-order valence-electron chi connectivity index (χ0n) is 10.7. The zero-order valence-corrected chi connectivity index (χ0v) is 10.7. The summed E-state index contributed by atoms with van der Waals surface area (Å²) in [5.74, 6) is 0. The van der Waals surface area contributed by atoms with E-state index in [2.05, 4.69) is 48.6 Å². The Hall–Kier alpha value is -2.08. The van der Waals surface area contributed by atoms with Crippen molar-refractivity contribution in [2.45, 2.75) is 19.3 Å². The first-order valence-electron chi connectivity index (χ1n) is 7.08. The van der Waals surface area contributed by atoms with Crippen LogP contribution in [0.5, 0.6) is 0 Å². The van der Waals surface area contributed by atoms with Crippen LogP contribution in [-0.2, 0) is 6.42 Å². The molecule has 0 bridgehead atoms. The third-order valence-electron chi connectivity index (χ3n) is 4.67. The molecule has 5 rings (SSSR count). The summed E-state index contributed by atoms with van der Waals surface area (Å²) in [4.78, 5) is 0. The number of hydrogen-bond acceptors (Lipinski definition) is 0. The van der Waals surface area contributed by atoms with E-state index in [1.54, 1.807) is 0 Å². The number of hydrogen-bond donors (Lipinski definition) is 0. The van der Waals surface area contributed by atoms with Gasteiger partial charge in [0.1, 0.15) is 0 Å². The van der Waals surface area contributed by atoms with Gasteiger partial charge >= 0.3 is 0 Å². The molecule has 3 aliphatic carbocycles. The summed E-state index contributed by atoms with van der Waals surface area (Å²) in [6.45, 7) is 0. The van der Waals surface area contributed by atoms with E-state index in [4.69, 9.17) is 0 Å². The van der Waals surface area contributed by atoms with Gasteiger partial charge in [0.2, 0.25) is 0 Å². The van der Waals surface area contributed by atoms with Gasteiger partial charge in [-0.05, 0) is 74.2 Å². The highest BCUT2D eigenvalue weighted by atomic mass is 14.2. The van der Waals surface area contributed by atoms with Crippen LogP contribution < -0.4 is 20.9 Å². The Labute approximate surface area is 111 Å². The van der Waals surface area contributed by atoms with E-state index in [0.717, 1.165) is 19.3 Å². The molecule has 19 heavy (non-hydrogen) atoms. The summed E-state index contributed by atoms with van der Waals surface area (Å²) in [5, 5.41) is 8.68. The molecule has 0 saturated heterocycles. The van der Waals surface area contributed by atoms with Crippen molar-refractivity contribution < 1.29 is 0 Å². The maximum atomic E-state index is 2.40. The van der Waals surface area contributed by atoms with Gasteiger partial charge in [-0.25, -0.2) is 0 Å². The summed E-state index contributed by atoms with van der Waals surface area (Å²) in [6, 6.07) is 4.80. The van der Waals surface area contributed by atoms with Crippen molar-refractivity contribution in [3.8, 4) is 0 Å². The van der Waals surface area contributed by atoms with Crippen molar-refractivity contribution in [3.05, 3.63) is 50.2 Å². The number of benzene rings is 2. The first kappa shape index (κ1) is 9.80. The maximum absolute atomic E-state index is 2.40. The van der Waals surface area contributed by atoms with Crippen molar-refractivity contribution in [1.82, 2.24) is 0 Å². The minimum atomic E-state index is 1.09. The van der Waals surface area contributed by atoms with E-state index in [-0.39, 0.29) is 0 Å². The van der Waals surface area contributed by atoms with Crippen molar-refractivity contribution >= 4 is 41.2 Å². The van der Waals surface area contributed by atoms with Crippen LogP contribution in [0.1, 0.15) is 24.0 Å². The normalized spacial score (nSPS) is 17.3. The summed E-state index contributed by atoms with van der Waals surface area (Å²) in [6.07, 6.45) is 17.4. The minimum Gasteiger partial charge on any atom is -0.0795 e. The third-order valence-corrected chi connectivity index (χ3v) is 4.67. The largest absolute Gasteiger partial charge is 0.0795 e. The van der Waals surface area contributed by atoms with E-state index in [0.29, 0.717) is 0 Å². The highest BCUT2D eigenvalue weighted by Gasteiger charge is 2.15. The summed E-state index contributed by atoms with van der Waals surface area (Å²) in [7, 11) is 0. The average molecular weight is 242 g/mol. The Morgan fingerprint density at radius 1 is 0.737 bits per heavy atom. The molecule has 0 heterocycles. The quantitative estimate of drug-likeness (QED) is 0.654. The first-order valence-corrected chi connectivity index (χ1v) is 7.08. The van der Waals surface area contributed by atoms with E-state index in [9.17, 15) is 0 Å². The Morgan fingerprint density at radius 3 is 2.37 bits per heavy atom. The van der Waals surface area contributed by atoms with Gasteiger partial charge in [-0.3, -0.25) is 0 Å². The molecule has 3 aliphatic rings.